The molecule has 1 atom stereocenters. The summed E-state index contributed by atoms with van der Waals surface area (Å²) in [6, 6.07) is 8.40. The lowest BCUT2D eigenvalue weighted by atomic mass is 10.2. The smallest absolute Gasteiger partial charge is 0.225 e. The molecule has 1 aromatic rings. The molecule has 0 aliphatic rings. The quantitative estimate of drug-likeness (QED) is 0.837. The van der Waals surface area contributed by atoms with Gasteiger partial charge in [0.2, 0.25) is 5.91 Å². The van der Waals surface area contributed by atoms with Gasteiger partial charge in [-0.3, -0.25) is 4.79 Å². The lowest BCUT2D eigenvalue weighted by Gasteiger charge is -2.09. The van der Waals surface area contributed by atoms with Gasteiger partial charge in [-0.25, -0.2) is 8.42 Å². The van der Waals surface area contributed by atoms with Crippen LogP contribution in [0.3, 0.4) is 0 Å². The van der Waals surface area contributed by atoms with Gasteiger partial charge in [-0.05, 0) is 30.2 Å². The molecule has 0 radical (unpaired) electrons. The number of benzene rings is 1. The molecule has 0 aromatic heterocycles. The Morgan fingerprint density at radius 1 is 1.33 bits per heavy atom. The summed E-state index contributed by atoms with van der Waals surface area (Å²) in [6.45, 7) is 3.83. The number of nitriles is 1. The molecule has 0 aliphatic carbocycles. The maximum Gasteiger partial charge on any atom is 0.225 e. The van der Waals surface area contributed by atoms with Crippen molar-refractivity contribution in [1.82, 2.24) is 0 Å². The number of sulfone groups is 1. The lowest BCUT2D eigenvalue weighted by molar-refractivity contribution is -0.115. The van der Waals surface area contributed by atoms with Crippen LogP contribution in [0.2, 0.25) is 0 Å². The Labute approximate surface area is 125 Å². The fourth-order valence-electron chi connectivity index (χ4n) is 1.73. The van der Waals surface area contributed by atoms with Gasteiger partial charge in [0, 0.05) is 12.1 Å². The summed E-state index contributed by atoms with van der Waals surface area (Å²) in [7, 11) is -3.19. The van der Waals surface area contributed by atoms with E-state index in [1.807, 2.05) is 19.9 Å². The Balaban J connectivity index is 2.48. The minimum atomic E-state index is -3.19. The summed E-state index contributed by atoms with van der Waals surface area (Å²) in [4.78, 5) is 11.7. The maximum atomic E-state index is 11.8. The van der Waals surface area contributed by atoms with Crippen molar-refractivity contribution in [3.8, 4) is 6.07 Å². The molecule has 1 N–H and O–H groups in total. The average Bonchev–Trinajstić information content (AvgIpc) is 2.45. The molecule has 114 valence electrons. The lowest BCUT2D eigenvalue weighted by Crippen LogP contribution is -2.21. The average molecular weight is 308 g/mol. The molecule has 0 bridgehead atoms. The van der Waals surface area contributed by atoms with E-state index in [9.17, 15) is 13.2 Å². The molecule has 0 spiro atoms. The number of nitrogens with one attached hydrogen (secondary N) is 1. The van der Waals surface area contributed by atoms with E-state index < -0.39 is 9.84 Å². The zero-order chi connectivity index (χ0) is 15.9. The molecular weight excluding hydrogens is 288 g/mol. The Morgan fingerprint density at radius 2 is 1.95 bits per heavy atom. The van der Waals surface area contributed by atoms with Crippen LogP contribution in [0.15, 0.2) is 24.3 Å². The van der Waals surface area contributed by atoms with Crippen LogP contribution in [-0.4, -0.2) is 25.8 Å². The van der Waals surface area contributed by atoms with E-state index in [0.29, 0.717) is 11.3 Å². The van der Waals surface area contributed by atoms with Crippen molar-refractivity contribution in [3.05, 3.63) is 29.8 Å². The van der Waals surface area contributed by atoms with E-state index in [1.54, 1.807) is 24.3 Å². The minimum Gasteiger partial charge on any atom is -0.326 e. The van der Waals surface area contributed by atoms with E-state index >= 15 is 0 Å². The Bertz CT molecular complexity index is 615. The zero-order valence-corrected chi connectivity index (χ0v) is 13.1. The van der Waals surface area contributed by atoms with Crippen molar-refractivity contribution >= 4 is 21.4 Å². The summed E-state index contributed by atoms with van der Waals surface area (Å²) in [5, 5.41) is 11.3. The highest BCUT2D eigenvalue weighted by molar-refractivity contribution is 7.91. The van der Waals surface area contributed by atoms with Crippen molar-refractivity contribution < 1.29 is 13.2 Å². The van der Waals surface area contributed by atoms with E-state index in [-0.39, 0.29) is 29.8 Å². The van der Waals surface area contributed by atoms with Crippen molar-refractivity contribution in [2.24, 2.45) is 5.92 Å². The molecule has 1 aromatic carbocycles. The molecule has 0 saturated heterocycles. The zero-order valence-electron chi connectivity index (χ0n) is 12.3. The number of hydrogen-bond acceptors (Lipinski definition) is 4. The number of anilines is 1. The van der Waals surface area contributed by atoms with Gasteiger partial charge in [0.15, 0.2) is 9.84 Å². The monoisotopic (exact) mass is 308 g/mol. The number of rotatable bonds is 7. The number of nitrogens with zero attached hydrogens (tertiary/aromatic N) is 1. The summed E-state index contributed by atoms with van der Waals surface area (Å²) in [5.41, 5.74) is 1.06. The molecular formula is C15H20N2O3S. The third-order valence-electron chi connectivity index (χ3n) is 3.17. The van der Waals surface area contributed by atoms with Crippen LogP contribution >= 0.6 is 0 Å². The first-order chi connectivity index (χ1) is 9.86. The van der Waals surface area contributed by atoms with Crippen LogP contribution in [0.5, 0.6) is 0 Å². The molecule has 1 rings (SSSR count). The molecule has 0 fully saturated rings. The second-order valence-corrected chi connectivity index (χ2v) is 7.34. The van der Waals surface area contributed by atoms with Crippen molar-refractivity contribution in [2.45, 2.75) is 26.7 Å². The first kappa shape index (κ1) is 17.2. The van der Waals surface area contributed by atoms with Gasteiger partial charge < -0.3 is 5.32 Å². The van der Waals surface area contributed by atoms with E-state index in [4.69, 9.17) is 5.26 Å². The number of hydrogen-bond donors (Lipinski definition) is 1. The number of carbonyl (C=O) groups is 1. The highest BCUT2D eigenvalue weighted by Crippen LogP contribution is 2.10. The second kappa shape index (κ2) is 7.79. The summed E-state index contributed by atoms with van der Waals surface area (Å²) >= 11 is 0. The molecule has 0 aliphatic heterocycles. The first-order valence-electron chi connectivity index (χ1n) is 6.86. The van der Waals surface area contributed by atoms with Crippen molar-refractivity contribution in [2.75, 3.05) is 16.8 Å². The topological polar surface area (TPSA) is 87.0 Å². The fourth-order valence-corrected chi connectivity index (χ4v) is 3.50. The predicted molar refractivity (Wildman–Crippen MR) is 82.5 cm³/mol. The predicted octanol–water partition coefficient (Wildman–Crippen LogP) is 2.35. The van der Waals surface area contributed by atoms with Gasteiger partial charge >= 0.3 is 0 Å². The van der Waals surface area contributed by atoms with Gasteiger partial charge in [0.1, 0.15) is 0 Å². The van der Waals surface area contributed by atoms with Crippen LogP contribution in [0.4, 0.5) is 5.69 Å². The SMILES string of the molecule is CCC(C)CS(=O)(=O)CCC(=O)Nc1ccc(C#N)cc1. The first-order valence-corrected chi connectivity index (χ1v) is 8.69. The van der Waals surface area contributed by atoms with E-state index in [1.165, 1.54) is 0 Å². The standard InChI is InChI=1S/C15H20N2O3S/c1-3-12(2)11-21(19,20)9-8-15(18)17-14-6-4-13(10-16)5-7-14/h4-7,12H,3,8-9,11H2,1-2H3,(H,17,18). The van der Waals surface area contributed by atoms with Gasteiger partial charge in [-0.1, -0.05) is 20.3 Å². The number of carbonyl (C=O) groups excluding carboxylic acids is 1. The second-order valence-electron chi connectivity index (χ2n) is 5.12. The summed E-state index contributed by atoms with van der Waals surface area (Å²) < 4.78 is 23.6. The van der Waals surface area contributed by atoms with Crippen LogP contribution in [-0.2, 0) is 14.6 Å². The van der Waals surface area contributed by atoms with E-state index in [2.05, 4.69) is 5.32 Å². The largest absolute Gasteiger partial charge is 0.326 e. The maximum absolute atomic E-state index is 11.8. The van der Waals surface area contributed by atoms with Gasteiger partial charge in [-0.2, -0.15) is 5.26 Å². The Kier molecular flexibility index (Phi) is 6.38. The molecule has 1 unspecified atom stereocenters. The van der Waals surface area contributed by atoms with E-state index in [0.717, 1.165) is 6.42 Å². The van der Waals surface area contributed by atoms with Crippen molar-refractivity contribution in [3.63, 3.8) is 0 Å². The molecule has 21 heavy (non-hydrogen) atoms. The Morgan fingerprint density at radius 3 is 2.48 bits per heavy atom. The van der Waals surface area contributed by atoms with Gasteiger partial charge in [0.05, 0.1) is 23.1 Å². The highest BCUT2D eigenvalue weighted by atomic mass is 32.2. The third kappa shape index (κ3) is 6.41. The third-order valence-corrected chi connectivity index (χ3v) is 5.08. The summed E-state index contributed by atoms with van der Waals surface area (Å²) in [6.07, 6.45) is 0.745. The molecule has 5 nitrogen and oxygen atoms in total. The normalized spacial score (nSPS) is 12.4. The van der Waals surface area contributed by atoms with Crippen LogP contribution in [0.25, 0.3) is 0 Å². The van der Waals surface area contributed by atoms with Crippen molar-refractivity contribution in [1.29, 1.82) is 5.26 Å². The van der Waals surface area contributed by atoms with Gasteiger partial charge in [-0.15, -0.1) is 0 Å². The molecule has 0 saturated carbocycles. The molecule has 0 heterocycles. The highest BCUT2D eigenvalue weighted by Gasteiger charge is 2.16. The fraction of sp³-hybridized carbons (Fsp3) is 0.467. The molecule has 6 heteroatoms. The van der Waals surface area contributed by atoms with Gasteiger partial charge in [0.25, 0.3) is 0 Å². The van der Waals surface area contributed by atoms with Crippen LogP contribution < -0.4 is 5.32 Å². The van der Waals surface area contributed by atoms with Crippen LogP contribution in [0.1, 0.15) is 32.3 Å². The molecule has 1 amide bonds. The number of amides is 1. The Hall–Kier alpha value is -1.87. The minimum absolute atomic E-state index is 0.0568. The van der Waals surface area contributed by atoms with Crippen LogP contribution in [0, 0.1) is 17.2 Å². The summed E-state index contributed by atoms with van der Waals surface area (Å²) in [5.74, 6) is -0.253.